The molecule has 0 fully saturated rings. The molecule has 0 bridgehead atoms. The number of likely N-dealkylation sites (N-methyl/N-ethyl adjacent to an activating group) is 1. The van der Waals surface area contributed by atoms with E-state index in [4.69, 9.17) is 5.26 Å². The van der Waals surface area contributed by atoms with Gasteiger partial charge in [-0.15, -0.1) is 0 Å². The molecule has 0 saturated carbocycles. The molecule has 0 saturated heterocycles. The highest BCUT2D eigenvalue weighted by molar-refractivity contribution is 4.81. The summed E-state index contributed by atoms with van der Waals surface area (Å²) in [6.07, 6.45) is 0.210. The summed E-state index contributed by atoms with van der Waals surface area (Å²) < 4.78 is 0. The molecule has 0 aromatic carbocycles. The fourth-order valence-electron chi connectivity index (χ4n) is 0.662. The normalized spacial score (nSPS) is 12.6. The maximum Gasteiger partial charge on any atom is 0.117 e. The highest BCUT2D eigenvalue weighted by Gasteiger charge is 2.07. The molecule has 0 aromatic heterocycles. The van der Waals surface area contributed by atoms with E-state index in [-0.39, 0.29) is 12.5 Å². The predicted octanol–water partition coefficient (Wildman–Crippen LogP) is 0.597. The van der Waals surface area contributed by atoms with Crippen LogP contribution < -0.4 is 0 Å². The van der Waals surface area contributed by atoms with E-state index in [1.165, 1.54) is 0 Å². The highest BCUT2D eigenvalue weighted by atomic mass is 16.3. The minimum absolute atomic E-state index is 0.210. The maximum absolute atomic E-state index is 10.0. The average molecular weight is 141 g/mol. The topological polar surface area (TPSA) is 56.5 Å². The average Bonchev–Trinajstić information content (AvgIpc) is 1.86. The third-order valence-corrected chi connectivity index (χ3v) is 1.05. The Balaban J connectivity index is 3.62. The van der Waals surface area contributed by atoms with Gasteiger partial charge in [-0.1, -0.05) is 5.18 Å². The lowest BCUT2D eigenvalue weighted by Crippen LogP contribution is -2.23. The zero-order valence-electron chi connectivity index (χ0n) is 6.24. The Hall–Kier alpha value is -0.950. The van der Waals surface area contributed by atoms with Gasteiger partial charge in [-0.2, -0.15) is 10.2 Å². The van der Waals surface area contributed by atoms with Crippen LogP contribution in [0.2, 0.25) is 0 Å². The lowest BCUT2D eigenvalue weighted by Gasteiger charge is -2.10. The highest BCUT2D eigenvalue weighted by Crippen LogP contribution is 1.96. The molecule has 0 N–H and O–H groups in total. The third-order valence-electron chi connectivity index (χ3n) is 1.05. The van der Waals surface area contributed by atoms with E-state index in [1.807, 2.05) is 25.1 Å². The molecule has 0 radical (unpaired) electrons. The van der Waals surface area contributed by atoms with Crippen LogP contribution in [-0.2, 0) is 0 Å². The zero-order valence-corrected chi connectivity index (χ0v) is 6.24. The van der Waals surface area contributed by atoms with Crippen molar-refractivity contribution in [1.29, 1.82) is 5.26 Å². The minimum Gasteiger partial charge on any atom is -0.307 e. The van der Waals surface area contributed by atoms with Crippen molar-refractivity contribution in [2.45, 2.75) is 12.5 Å². The molecule has 10 heavy (non-hydrogen) atoms. The second-order valence-corrected chi connectivity index (χ2v) is 2.38. The lowest BCUT2D eigenvalue weighted by molar-refractivity contribution is 0.374. The number of nitriles is 1. The first-order chi connectivity index (χ1) is 4.70. The first-order valence-electron chi connectivity index (χ1n) is 3.05. The molecule has 0 aliphatic heterocycles. The summed E-state index contributed by atoms with van der Waals surface area (Å²) in [5.74, 6) is 0. The van der Waals surface area contributed by atoms with Gasteiger partial charge >= 0.3 is 0 Å². The summed E-state index contributed by atoms with van der Waals surface area (Å²) in [6.45, 7) is 0.553. The number of nitroso groups, excluding NO2 is 1. The number of rotatable bonds is 4. The van der Waals surface area contributed by atoms with Crippen LogP contribution in [0.1, 0.15) is 6.42 Å². The predicted molar refractivity (Wildman–Crippen MR) is 38.4 cm³/mol. The summed E-state index contributed by atoms with van der Waals surface area (Å²) in [7, 11) is 3.69. The molecule has 4 heteroatoms. The smallest absolute Gasteiger partial charge is 0.117 e. The van der Waals surface area contributed by atoms with Gasteiger partial charge in [-0.3, -0.25) is 0 Å². The van der Waals surface area contributed by atoms with Crippen LogP contribution in [0.3, 0.4) is 0 Å². The molecule has 0 rings (SSSR count). The molecule has 1 unspecified atom stereocenters. The second kappa shape index (κ2) is 4.89. The summed E-state index contributed by atoms with van der Waals surface area (Å²) >= 11 is 0. The first kappa shape index (κ1) is 9.05. The Morgan fingerprint density at radius 3 is 2.60 bits per heavy atom. The van der Waals surface area contributed by atoms with Crippen molar-refractivity contribution in [2.75, 3.05) is 20.6 Å². The van der Waals surface area contributed by atoms with Gasteiger partial charge in [-0.05, 0) is 14.1 Å². The van der Waals surface area contributed by atoms with Crippen molar-refractivity contribution in [2.24, 2.45) is 5.18 Å². The monoisotopic (exact) mass is 141 g/mol. The Kier molecular flexibility index (Phi) is 4.42. The van der Waals surface area contributed by atoms with Crippen molar-refractivity contribution in [3.63, 3.8) is 0 Å². The van der Waals surface area contributed by atoms with Gasteiger partial charge in [0.2, 0.25) is 0 Å². The fourth-order valence-corrected chi connectivity index (χ4v) is 0.662. The summed E-state index contributed by atoms with van der Waals surface area (Å²) in [5, 5.41) is 11.0. The van der Waals surface area contributed by atoms with E-state index >= 15 is 0 Å². The molecule has 0 aliphatic rings. The van der Waals surface area contributed by atoms with Crippen LogP contribution in [0.5, 0.6) is 0 Å². The van der Waals surface area contributed by atoms with Gasteiger partial charge in [0, 0.05) is 6.54 Å². The second-order valence-electron chi connectivity index (χ2n) is 2.38. The van der Waals surface area contributed by atoms with E-state index < -0.39 is 0 Å². The van der Waals surface area contributed by atoms with Gasteiger partial charge in [0.05, 0.1) is 12.5 Å². The molecular weight excluding hydrogens is 130 g/mol. The van der Waals surface area contributed by atoms with Crippen LogP contribution in [0.4, 0.5) is 0 Å². The van der Waals surface area contributed by atoms with Gasteiger partial charge in [0.15, 0.2) is 0 Å². The standard InChI is InChI=1S/C6H11N3O/c1-9(2)5-6(8-10)3-4-7/h6H,3,5H2,1-2H3. The molecule has 0 amide bonds. The Bertz CT molecular complexity index is 138. The maximum atomic E-state index is 10.0. The van der Waals surface area contributed by atoms with Crippen molar-refractivity contribution < 1.29 is 0 Å². The molecule has 4 nitrogen and oxygen atoms in total. The summed E-state index contributed by atoms with van der Waals surface area (Å²) in [4.78, 5) is 11.8. The van der Waals surface area contributed by atoms with Crippen LogP contribution in [0.25, 0.3) is 0 Å². The van der Waals surface area contributed by atoms with Gasteiger partial charge < -0.3 is 4.90 Å². The first-order valence-corrected chi connectivity index (χ1v) is 3.05. The molecule has 0 spiro atoms. The van der Waals surface area contributed by atoms with E-state index in [0.717, 1.165) is 0 Å². The fraction of sp³-hybridized carbons (Fsp3) is 0.833. The van der Waals surface area contributed by atoms with Gasteiger partial charge in [-0.25, -0.2) is 0 Å². The van der Waals surface area contributed by atoms with E-state index in [1.54, 1.807) is 0 Å². The van der Waals surface area contributed by atoms with Crippen molar-refractivity contribution in [3.05, 3.63) is 4.91 Å². The molecular formula is C6H11N3O. The van der Waals surface area contributed by atoms with Gasteiger partial charge in [0.25, 0.3) is 0 Å². The van der Waals surface area contributed by atoms with Crippen molar-refractivity contribution in [1.82, 2.24) is 4.90 Å². The van der Waals surface area contributed by atoms with Crippen LogP contribution in [-0.4, -0.2) is 31.6 Å². The largest absolute Gasteiger partial charge is 0.307 e. The number of hydrogen-bond acceptors (Lipinski definition) is 4. The van der Waals surface area contributed by atoms with E-state index in [9.17, 15) is 4.91 Å². The molecule has 0 aliphatic carbocycles. The van der Waals surface area contributed by atoms with Crippen LogP contribution >= 0.6 is 0 Å². The van der Waals surface area contributed by atoms with Crippen molar-refractivity contribution >= 4 is 0 Å². The van der Waals surface area contributed by atoms with Gasteiger partial charge in [0.1, 0.15) is 6.04 Å². The Labute approximate surface area is 60.4 Å². The van der Waals surface area contributed by atoms with E-state index in [0.29, 0.717) is 6.54 Å². The number of hydrogen-bond donors (Lipinski definition) is 0. The molecule has 56 valence electrons. The zero-order chi connectivity index (χ0) is 7.98. The van der Waals surface area contributed by atoms with Crippen LogP contribution in [0, 0.1) is 16.2 Å². The van der Waals surface area contributed by atoms with E-state index in [2.05, 4.69) is 5.18 Å². The Morgan fingerprint density at radius 2 is 2.30 bits per heavy atom. The summed E-state index contributed by atoms with van der Waals surface area (Å²) in [6, 6.07) is 1.53. The van der Waals surface area contributed by atoms with Crippen LogP contribution in [0.15, 0.2) is 5.18 Å². The SMILES string of the molecule is CN(C)CC(CC#N)N=O. The number of nitrogens with zero attached hydrogens (tertiary/aromatic N) is 3. The third kappa shape index (κ3) is 3.98. The van der Waals surface area contributed by atoms with Crippen molar-refractivity contribution in [3.8, 4) is 6.07 Å². The molecule has 0 heterocycles. The quantitative estimate of drug-likeness (QED) is 0.538. The summed E-state index contributed by atoms with van der Waals surface area (Å²) in [5.41, 5.74) is 0. The Morgan fingerprint density at radius 1 is 1.70 bits per heavy atom. The lowest BCUT2D eigenvalue weighted by atomic mass is 10.2. The molecule has 1 atom stereocenters. The minimum atomic E-state index is -0.375. The molecule has 0 aromatic rings.